The van der Waals surface area contributed by atoms with Gasteiger partial charge in [-0.15, -0.1) is 0 Å². The SMILES string of the molecule is COc1ccc(-c2noc(CCC(=O)O[C@@H](C)C(=O)NC3CC3)n2)cc1OC. The minimum Gasteiger partial charge on any atom is -0.493 e. The second-order valence-corrected chi connectivity index (χ2v) is 6.50. The van der Waals surface area contributed by atoms with Crippen LogP contribution in [0.3, 0.4) is 0 Å². The van der Waals surface area contributed by atoms with Crippen molar-refractivity contribution in [1.29, 1.82) is 0 Å². The molecule has 1 atom stereocenters. The predicted octanol–water partition coefficient (Wildman–Crippen LogP) is 1.90. The molecule has 0 radical (unpaired) electrons. The summed E-state index contributed by atoms with van der Waals surface area (Å²) in [5.74, 6) is 1.05. The first-order valence-electron chi connectivity index (χ1n) is 9.05. The Labute approximate surface area is 162 Å². The Balaban J connectivity index is 1.53. The average Bonchev–Trinajstić information content (AvgIpc) is 3.39. The zero-order valence-corrected chi connectivity index (χ0v) is 16.1. The van der Waals surface area contributed by atoms with Gasteiger partial charge in [0.05, 0.1) is 20.6 Å². The molecular formula is C19H23N3O6. The van der Waals surface area contributed by atoms with Crippen LogP contribution < -0.4 is 14.8 Å². The van der Waals surface area contributed by atoms with Crippen LogP contribution in [0.5, 0.6) is 11.5 Å². The number of methoxy groups -OCH3 is 2. The molecular weight excluding hydrogens is 366 g/mol. The van der Waals surface area contributed by atoms with E-state index in [1.54, 1.807) is 39.3 Å². The van der Waals surface area contributed by atoms with Crippen LogP contribution in [0.4, 0.5) is 0 Å². The molecule has 1 fully saturated rings. The van der Waals surface area contributed by atoms with Gasteiger partial charge in [-0.2, -0.15) is 4.98 Å². The number of aromatic nitrogens is 2. The summed E-state index contributed by atoms with van der Waals surface area (Å²) in [4.78, 5) is 28.0. The highest BCUT2D eigenvalue weighted by atomic mass is 16.5. The summed E-state index contributed by atoms with van der Waals surface area (Å²) in [7, 11) is 3.10. The van der Waals surface area contributed by atoms with Crippen molar-refractivity contribution in [3.8, 4) is 22.9 Å². The smallest absolute Gasteiger partial charge is 0.307 e. The average molecular weight is 389 g/mol. The van der Waals surface area contributed by atoms with Crippen molar-refractivity contribution < 1.29 is 28.3 Å². The van der Waals surface area contributed by atoms with E-state index >= 15 is 0 Å². The molecule has 9 nitrogen and oxygen atoms in total. The maximum Gasteiger partial charge on any atom is 0.307 e. The van der Waals surface area contributed by atoms with Crippen LogP contribution in [0.15, 0.2) is 22.7 Å². The number of nitrogens with zero attached hydrogens (tertiary/aromatic N) is 2. The standard InChI is InChI=1S/C19H23N3O6/c1-11(19(24)20-13-5-6-13)27-17(23)9-8-16-21-18(22-28-16)12-4-7-14(25-2)15(10-12)26-3/h4,7,10-11,13H,5-6,8-9H2,1-3H3,(H,20,24)/t11-/m0/s1. The van der Waals surface area contributed by atoms with Gasteiger partial charge in [0.25, 0.3) is 5.91 Å². The summed E-state index contributed by atoms with van der Waals surface area (Å²) in [5.41, 5.74) is 0.695. The molecule has 2 aromatic rings. The van der Waals surface area contributed by atoms with Gasteiger partial charge < -0.3 is 24.1 Å². The van der Waals surface area contributed by atoms with Crippen molar-refractivity contribution in [3.63, 3.8) is 0 Å². The highest BCUT2D eigenvalue weighted by Crippen LogP contribution is 2.31. The van der Waals surface area contributed by atoms with Crippen molar-refractivity contribution >= 4 is 11.9 Å². The molecule has 1 aliphatic rings. The number of carbonyl (C=O) groups is 2. The highest BCUT2D eigenvalue weighted by molar-refractivity contribution is 5.83. The number of hydrogen-bond acceptors (Lipinski definition) is 8. The van der Waals surface area contributed by atoms with E-state index in [2.05, 4.69) is 15.5 Å². The zero-order valence-electron chi connectivity index (χ0n) is 16.1. The van der Waals surface area contributed by atoms with Gasteiger partial charge in [-0.05, 0) is 38.0 Å². The molecule has 1 aromatic carbocycles. The Bertz CT molecular complexity index is 846. The Hall–Kier alpha value is -3.10. The quantitative estimate of drug-likeness (QED) is 0.647. The third kappa shape index (κ3) is 4.99. The van der Waals surface area contributed by atoms with Crippen LogP contribution in [-0.2, 0) is 20.7 Å². The fourth-order valence-corrected chi connectivity index (χ4v) is 2.51. The molecule has 0 unspecified atom stereocenters. The third-order valence-corrected chi connectivity index (χ3v) is 4.25. The Kier molecular flexibility index (Phi) is 6.13. The number of ether oxygens (including phenoxy) is 3. The molecule has 1 N–H and O–H groups in total. The van der Waals surface area contributed by atoms with E-state index in [9.17, 15) is 9.59 Å². The van der Waals surface area contributed by atoms with Crippen LogP contribution >= 0.6 is 0 Å². The summed E-state index contributed by atoms with van der Waals surface area (Å²) >= 11 is 0. The molecule has 1 heterocycles. The molecule has 0 saturated heterocycles. The third-order valence-electron chi connectivity index (χ3n) is 4.25. The van der Waals surface area contributed by atoms with Crippen molar-refractivity contribution in [3.05, 3.63) is 24.1 Å². The topological polar surface area (TPSA) is 113 Å². The van der Waals surface area contributed by atoms with Crippen LogP contribution in [0.1, 0.15) is 32.1 Å². The minimum atomic E-state index is -0.821. The van der Waals surface area contributed by atoms with E-state index in [0.29, 0.717) is 28.8 Å². The maximum absolute atomic E-state index is 11.9. The van der Waals surface area contributed by atoms with Gasteiger partial charge in [-0.3, -0.25) is 9.59 Å². The molecule has 1 aromatic heterocycles. The molecule has 0 spiro atoms. The predicted molar refractivity (Wildman–Crippen MR) is 97.9 cm³/mol. The molecule has 1 aliphatic carbocycles. The second-order valence-electron chi connectivity index (χ2n) is 6.50. The number of rotatable bonds is 9. The van der Waals surface area contributed by atoms with Crippen molar-refractivity contribution in [2.45, 2.75) is 44.8 Å². The van der Waals surface area contributed by atoms with Gasteiger partial charge in [0.2, 0.25) is 11.7 Å². The lowest BCUT2D eigenvalue weighted by molar-refractivity contribution is -0.154. The summed E-state index contributed by atoms with van der Waals surface area (Å²) in [6, 6.07) is 5.49. The van der Waals surface area contributed by atoms with E-state index in [-0.39, 0.29) is 24.8 Å². The van der Waals surface area contributed by atoms with Crippen molar-refractivity contribution in [1.82, 2.24) is 15.5 Å². The molecule has 0 aliphatic heterocycles. The van der Waals surface area contributed by atoms with Crippen LogP contribution in [-0.4, -0.2) is 48.4 Å². The number of benzene rings is 1. The minimum absolute atomic E-state index is 0.0363. The summed E-state index contributed by atoms with van der Waals surface area (Å²) in [5, 5.41) is 6.72. The number of carbonyl (C=O) groups excluding carboxylic acids is 2. The molecule has 3 rings (SSSR count). The summed E-state index contributed by atoms with van der Waals surface area (Å²) < 4.78 is 20.8. The fraction of sp³-hybridized carbons (Fsp3) is 0.474. The van der Waals surface area contributed by atoms with Gasteiger partial charge in [-0.1, -0.05) is 5.16 Å². The molecule has 9 heteroatoms. The van der Waals surface area contributed by atoms with E-state index in [1.807, 2.05) is 0 Å². The van der Waals surface area contributed by atoms with E-state index < -0.39 is 12.1 Å². The van der Waals surface area contributed by atoms with Crippen molar-refractivity contribution in [2.75, 3.05) is 14.2 Å². The number of esters is 1. The number of aryl methyl sites for hydroxylation is 1. The fourth-order valence-electron chi connectivity index (χ4n) is 2.51. The highest BCUT2D eigenvalue weighted by Gasteiger charge is 2.27. The van der Waals surface area contributed by atoms with Gasteiger partial charge in [0.1, 0.15) is 0 Å². The van der Waals surface area contributed by atoms with Gasteiger partial charge in [0.15, 0.2) is 17.6 Å². The first-order chi connectivity index (χ1) is 13.5. The first kappa shape index (κ1) is 19.7. The second kappa shape index (κ2) is 8.73. The summed E-state index contributed by atoms with van der Waals surface area (Å²) in [6.45, 7) is 1.55. The van der Waals surface area contributed by atoms with Crippen LogP contribution in [0.25, 0.3) is 11.4 Å². The molecule has 1 saturated carbocycles. The van der Waals surface area contributed by atoms with E-state index in [4.69, 9.17) is 18.7 Å². The van der Waals surface area contributed by atoms with Crippen molar-refractivity contribution in [2.24, 2.45) is 0 Å². The summed E-state index contributed by atoms with van der Waals surface area (Å²) in [6.07, 6.45) is 1.39. The van der Waals surface area contributed by atoms with Crippen LogP contribution in [0, 0.1) is 0 Å². The van der Waals surface area contributed by atoms with Gasteiger partial charge in [-0.25, -0.2) is 0 Å². The number of amides is 1. The van der Waals surface area contributed by atoms with E-state index in [0.717, 1.165) is 12.8 Å². The molecule has 0 bridgehead atoms. The Morgan fingerprint density at radius 2 is 2.00 bits per heavy atom. The largest absolute Gasteiger partial charge is 0.493 e. The molecule has 150 valence electrons. The Morgan fingerprint density at radius 1 is 1.25 bits per heavy atom. The zero-order chi connectivity index (χ0) is 20.1. The Morgan fingerprint density at radius 3 is 2.68 bits per heavy atom. The lowest BCUT2D eigenvalue weighted by atomic mass is 10.2. The maximum atomic E-state index is 11.9. The first-order valence-corrected chi connectivity index (χ1v) is 9.05. The monoisotopic (exact) mass is 389 g/mol. The lowest BCUT2D eigenvalue weighted by Gasteiger charge is -2.12. The lowest BCUT2D eigenvalue weighted by Crippen LogP contribution is -2.37. The number of nitrogens with one attached hydrogen (secondary N) is 1. The molecule has 28 heavy (non-hydrogen) atoms. The normalized spacial score (nSPS) is 14.2. The van der Waals surface area contributed by atoms with Gasteiger partial charge in [0, 0.05) is 18.0 Å². The molecule has 1 amide bonds. The van der Waals surface area contributed by atoms with Gasteiger partial charge >= 0.3 is 5.97 Å². The van der Waals surface area contributed by atoms with E-state index in [1.165, 1.54) is 0 Å². The number of hydrogen-bond donors (Lipinski definition) is 1. The van der Waals surface area contributed by atoms with Crippen LogP contribution in [0.2, 0.25) is 0 Å².